The molecule has 0 amide bonds. The van der Waals surface area contributed by atoms with Gasteiger partial charge in [0, 0.05) is 5.92 Å². The fourth-order valence-electron chi connectivity index (χ4n) is 2.58. The minimum absolute atomic E-state index is 0.265. The normalized spacial score (nSPS) is 24.0. The quantitative estimate of drug-likeness (QED) is 0.836. The van der Waals surface area contributed by atoms with Crippen molar-refractivity contribution >= 4 is 9.84 Å². The number of nitrogens with zero attached hydrogens (tertiary/aromatic N) is 2. The van der Waals surface area contributed by atoms with Crippen molar-refractivity contribution in [2.45, 2.75) is 24.5 Å². The van der Waals surface area contributed by atoms with Gasteiger partial charge in [0.05, 0.1) is 13.2 Å². The van der Waals surface area contributed by atoms with Crippen LogP contribution in [0.5, 0.6) is 5.75 Å². The topological polar surface area (TPSA) is 90.9 Å². The number of hydrogen-bond acceptors (Lipinski definition) is 5. The van der Waals surface area contributed by atoms with Crippen molar-refractivity contribution < 1.29 is 13.2 Å². The van der Waals surface area contributed by atoms with Crippen LogP contribution in [0.2, 0.25) is 0 Å². The van der Waals surface area contributed by atoms with Gasteiger partial charge in [-0.1, -0.05) is 12.1 Å². The average molecular weight is 302 g/mol. The summed E-state index contributed by atoms with van der Waals surface area (Å²) in [7, 11) is -2.35. The van der Waals surface area contributed by atoms with Gasteiger partial charge in [0.2, 0.25) is 9.84 Å². The first-order valence-corrected chi connectivity index (χ1v) is 7.87. The molecule has 2 rings (SSSR count). The third-order valence-corrected chi connectivity index (χ3v) is 5.78. The molecule has 0 aliphatic carbocycles. The van der Waals surface area contributed by atoms with Gasteiger partial charge < -0.3 is 4.74 Å². The Kier molecular flexibility index (Phi) is 4.02. The van der Waals surface area contributed by atoms with Crippen molar-refractivity contribution in [3.63, 3.8) is 0 Å². The minimum atomic E-state index is -3.90. The molecule has 108 valence electrons. The Morgan fingerprint density at radius 1 is 1.24 bits per heavy atom. The van der Waals surface area contributed by atoms with Crippen LogP contribution in [0, 0.1) is 22.7 Å². The molecule has 1 heterocycles. The third kappa shape index (κ3) is 2.51. The summed E-state index contributed by atoms with van der Waals surface area (Å²) < 4.78 is 29.8. The second kappa shape index (κ2) is 5.59. The molecule has 2 unspecified atom stereocenters. The fourth-order valence-corrected chi connectivity index (χ4v) is 4.35. The van der Waals surface area contributed by atoms with E-state index in [1.807, 2.05) is 6.07 Å². The standard InChI is InChI=1S/C15H14N2O3S/c1-10-7-13(11-3-5-12(20-2)6-4-11)15(9-17)21(18,19)14(10)8-16/h3-6,13,15H,7H2,1-2H3. The summed E-state index contributed by atoms with van der Waals surface area (Å²) in [4.78, 5) is -0.265. The van der Waals surface area contributed by atoms with E-state index >= 15 is 0 Å². The van der Waals surface area contributed by atoms with Gasteiger partial charge in [0.25, 0.3) is 0 Å². The highest BCUT2D eigenvalue weighted by atomic mass is 32.2. The number of methoxy groups -OCH3 is 1. The van der Waals surface area contributed by atoms with Gasteiger partial charge in [-0.15, -0.1) is 0 Å². The molecule has 0 bridgehead atoms. The van der Waals surface area contributed by atoms with Crippen LogP contribution in [-0.4, -0.2) is 20.8 Å². The van der Waals surface area contributed by atoms with Crippen LogP contribution < -0.4 is 4.74 Å². The molecule has 6 heteroatoms. The maximum atomic E-state index is 12.4. The molecule has 0 saturated heterocycles. The molecule has 1 aliphatic heterocycles. The van der Waals surface area contributed by atoms with Gasteiger partial charge in [-0.05, 0) is 36.6 Å². The Hall–Kier alpha value is -2.31. The predicted octanol–water partition coefficient (Wildman–Crippen LogP) is 2.29. The van der Waals surface area contributed by atoms with Crippen molar-refractivity contribution in [1.82, 2.24) is 0 Å². The Morgan fingerprint density at radius 3 is 2.33 bits per heavy atom. The Bertz CT molecular complexity index is 765. The molecule has 0 N–H and O–H groups in total. The molecule has 0 spiro atoms. The van der Waals surface area contributed by atoms with E-state index in [0.29, 0.717) is 17.7 Å². The zero-order valence-electron chi connectivity index (χ0n) is 11.7. The highest BCUT2D eigenvalue weighted by molar-refractivity contribution is 7.96. The van der Waals surface area contributed by atoms with Crippen LogP contribution >= 0.6 is 0 Å². The zero-order valence-corrected chi connectivity index (χ0v) is 12.5. The maximum Gasteiger partial charge on any atom is 0.205 e. The lowest BCUT2D eigenvalue weighted by Crippen LogP contribution is -2.32. The summed E-state index contributed by atoms with van der Waals surface area (Å²) in [6.45, 7) is 1.63. The van der Waals surface area contributed by atoms with Crippen LogP contribution in [0.3, 0.4) is 0 Å². The molecule has 0 aromatic heterocycles. The van der Waals surface area contributed by atoms with E-state index in [9.17, 15) is 13.7 Å². The molecule has 21 heavy (non-hydrogen) atoms. The Morgan fingerprint density at radius 2 is 1.86 bits per heavy atom. The zero-order chi connectivity index (χ0) is 15.6. The van der Waals surface area contributed by atoms with Gasteiger partial charge in [0.1, 0.15) is 16.7 Å². The van der Waals surface area contributed by atoms with Crippen molar-refractivity contribution in [2.24, 2.45) is 0 Å². The van der Waals surface area contributed by atoms with Gasteiger partial charge >= 0.3 is 0 Å². The molecule has 5 nitrogen and oxygen atoms in total. The highest BCUT2D eigenvalue weighted by Gasteiger charge is 2.42. The lowest BCUT2D eigenvalue weighted by molar-refractivity contribution is 0.414. The third-order valence-electron chi connectivity index (χ3n) is 3.67. The molecule has 1 aliphatic rings. The lowest BCUT2D eigenvalue weighted by atomic mass is 9.89. The van der Waals surface area contributed by atoms with Crippen molar-refractivity contribution in [2.75, 3.05) is 7.11 Å². The fraction of sp³-hybridized carbons (Fsp3) is 0.333. The second-order valence-corrected chi connectivity index (χ2v) is 6.91. The molecule has 0 saturated carbocycles. The molecule has 1 aromatic rings. The number of ether oxygens (including phenoxy) is 1. The van der Waals surface area contributed by atoms with Crippen LogP contribution in [0.15, 0.2) is 34.7 Å². The van der Waals surface area contributed by atoms with Crippen molar-refractivity contribution in [1.29, 1.82) is 10.5 Å². The van der Waals surface area contributed by atoms with E-state index in [2.05, 4.69) is 0 Å². The number of hydrogen-bond donors (Lipinski definition) is 0. The van der Waals surface area contributed by atoms with E-state index in [4.69, 9.17) is 10.00 Å². The first kappa shape index (κ1) is 15.1. The molecule has 1 aromatic carbocycles. The monoisotopic (exact) mass is 302 g/mol. The summed E-state index contributed by atoms with van der Waals surface area (Å²) in [5, 5.41) is 17.1. The van der Waals surface area contributed by atoms with Crippen LogP contribution in [0.1, 0.15) is 24.8 Å². The summed E-state index contributed by atoms with van der Waals surface area (Å²) in [5.41, 5.74) is 1.26. The van der Waals surface area contributed by atoms with Gasteiger partial charge in [-0.25, -0.2) is 8.42 Å². The largest absolute Gasteiger partial charge is 0.497 e. The van der Waals surface area contributed by atoms with Gasteiger partial charge in [-0.3, -0.25) is 0 Å². The van der Waals surface area contributed by atoms with Crippen LogP contribution in [-0.2, 0) is 9.84 Å². The van der Waals surface area contributed by atoms with E-state index in [0.717, 1.165) is 5.56 Å². The first-order valence-electron chi connectivity index (χ1n) is 6.33. The smallest absolute Gasteiger partial charge is 0.205 e. The minimum Gasteiger partial charge on any atom is -0.497 e. The van der Waals surface area contributed by atoms with Crippen LogP contribution in [0.25, 0.3) is 0 Å². The molecule has 2 atom stereocenters. The van der Waals surface area contributed by atoms with E-state index < -0.39 is 21.0 Å². The molecule has 0 fully saturated rings. The van der Waals surface area contributed by atoms with E-state index in [-0.39, 0.29) is 4.91 Å². The van der Waals surface area contributed by atoms with Gasteiger partial charge in [-0.2, -0.15) is 10.5 Å². The van der Waals surface area contributed by atoms with E-state index in [1.165, 1.54) is 0 Å². The van der Waals surface area contributed by atoms with Crippen molar-refractivity contribution in [3.8, 4) is 17.9 Å². The SMILES string of the molecule is COc1ccc(C2CC(C)=C(C#N)S(=O)(=O)C2C#N)cc1. The predicted molar refractivity (Wildman–Crippen MR) is 77.0 cm³/mol. The number of rotatable bonds is 2. The summed E-state index contributed by atoms with van der Waals surface area (Å²) in [6, 6.07) is 10.5. The summed E-state index contributed by atoms with van der Waals surface area (Å²) in [6.07, 6.45) is 0.382. The lowest BCUT2D eigenvalue weighted by Gasteiger charge is -2.27. The number of allylic oxidation sites excluding steroid dienone is 2. The first-order chi connectivity index (χ1) is 9.95. The average Bonchev–Trinajstić information content (AvgIpc) is 2.46. The molecular weight excluding hydrogens is 288 g/mol. The number of nitriles is 2. The molecule has 0 radical (unpaired) electrons. The van der Waals surface area contributed by atoms with Crippen LogP contribution in [0.4, 0.5) is 0 Å². The number of benzene rings is 1. The second-order valence-electron chi connectivity index (χ2n) is 4.90. The maximum absolute atomic E-state index is 12.4. The molecular formula is C15H14N2O3S. The van der Waals surface area contributed by atoms with E-state index in [1.54, 1.807) is 44.4 Å². The van der Waals surface area contributed by atoms with Crippen molar-refractivity contribution in [3.05, 3.63) is 40.3 Å². The number of sulfone groups is 1. The Labute approximate surface area is 124 Å². The Balaban J connectivity index is 2.53. The highest BCUT2D eigenvalue weighted by Crippen LogP contribution is 2.39. The van der Waals surface area contributed by atoms with Gasteiger partial charge in [0.15, 0.2) is 5.25 Å². The summed E-state index contributed by atoms with van der Waals surface area (Å²) in [5.74, 6) is 0.193. The summed E-state index contributed by atoms with van der Waals surface area (Å²) >= 11 is 0.